The maximum atomic E-state index is 6.35. The Hall–Kier alpha value is -0.620. The molecule has 1 aliphatic rings. The van der Waals surface area contributed by atoms with Gasteiger partial charge in [-0.3, -0.25) is 16.0 Å². The fraction of sp³-hybridized carbons (Fsp3) is 0.800. The Bertz CT molecular complexity index is 451. The van der Waals surface area contributed by atoms with Crippen molar-refractivity contribution in [3.05, 3.63) is 16.9 Å². The Labute approximate surface area is 132 Å². The molecular formula is C15H27ClN4O. The number of hydrogen-bond donors (Lipinski definition) is 2. The third-order valence-electron chi connectivity index (χ3n) is 4.67. The fourth-order valence-corrected chi connectivity index (χ4v) is 3.49. The number of nitrogens with two attached hydrogens (primary N) is 1. The molecule has 2 rings (SSSR count). The van der Waals surface area contributed by atoms with Gasteiger partial charge < -0.3 is 4.74 Å². The standard InChI is InChI=1S/C15H27ClN4O/c1-15(2)6-4-11(5-7-15)13(19-17)14-12(16)10-18-20(14)8-9-21-3/h10-11,13,19H,4-9,17H2,1-3H3. The van der Waals surface area contributed by atoms with Crippen LogP contribution in [0, 0.1) is 11.3 Å². The first-order valence-corrected chi connectivity index (χ1v) is 8.02. The summed E-state index contributed by atoms with van der Waals surface area (Å²) in [5.74, 6) is 6.35. The van der Waals surface area contributed by atoms with Gasteiger partial charge in [0.1, 0.15) is 0 Å². The van der Waals surface area contributed by atoms with Crippen molar-refractivity contribution in [2.45, 2.75) is 52.1 Å². The zero-order valence-electron chi connectivity index (χ0n) is 13.2. The average molecular weight is 315 g/mol. The van der Waals surface area contributed by atoms with Crippen LogP contribution in [0.5, 0.6) is 0 Å². The van der Waals surface area contributed by atoms with E-state index in [-0.39, 0.29) is 6.04 Å². The molecule has 0 aromatic carbocycles. The predicted octanol–water partition coefficient (Wildman–Crippen LogP) is 2.90. The normalized spacial score (nSPS) is 20.6. The highest BCUT2D eigenvalue weighted by atomic mass is 35.5. The molecule has 6 heteroatoms. The minimum absolute atomic E-state index is 0.0490. The molecule has 1 heterocycles. The number of rotatable bonds is 6. The second kappa shape index (κ2) is 7.09. The summed E-state index contributed by atoms with van der Waals surface area (Å²) < 4.78 is 7.05. The predicted molar refractivity (Wildman–Crippen MR) is 84.9 cm³/mol. The van der Waals surface area contributed by atoms with Crippen molar-refractivity contribution in [3.8, 4) is 0 Å². The van der Waals surface area contributed by atoms with Gasteiger partial charge in [0.15, 0.2) is 0 Å². The monoisotopic (exact) mass is 314 g/mol. The first kappa shape index (κ1) is 16.7. The van der Waals surface area contributed by atoms with Gasteiger partial charge in [-0.25, -0.2) is 0 Å². The summed E-state index contributed by atoms with van der Waals surface area (Å²) in [7, 11) is 1.69. The summed E-state index contributed by atoms with van der Waals surface area (Å²) in [4.78, 5) is 0. The quantitative estimate of drug-likeness (QED) is 0.626. The molecular weight excluding hydrogens is 288 g/mol. The molecule has 5 nitrogen and oxygen atoms in total. The summed E-state index contributed by atoms with van der Waals surface area (Å²) in [5, 5.41) is 5.03. The van der Waals surface area contributed by atoms with Crippen LogP contribution in [0.2, 0.25) is 5.02 Å². The van der Waals surface area contributed by atoms with Crippen molar-refractivity contribution >= 4 is 11.6 Å². The van der Waals surface area contributed by atoms with Crippen LogP contribution in [0.4, 0.5) is 0 Å². The molecule has 0 radical (unpaired) electrons. The molecule has 0 amide bonds. The van der Waals surface area contributed by atoms with E-state index in [1.807, 2.05) is 4.68 Å². The number of nitrogens with one attached hydrogen (secondary N) is 1. The van der Waals surface area contributed by atoms with Crippen LogP contribution in [-0.2, 0) is 11.3 Å². The van der Waals surface area contributed by atoms with Gasteiger partial charge in [0.2, 0.25) is 0 Å². The molecule has 1 fully saturated rings. The molecule has 120 valence electrons. The number of ether oxygens (including phenoxy) is 1. The fourth-order valence-electron chi connectivity index (χ4n) is 3.23. The SMILES string of the molecule is COCCn1ncc(Cl)c1C(NN)C1CCC(C)(C)CC1. The molecule has 0 spiro atoms. The number of hydrogen-bond acceptors (Lipinski definition) is 4. The van der Waals surface area contributed by atoms with Gasteiger partial charge in [-0.15, -0.1) is 0 Å². The highest BCUT2D eigenvalue weighted by molar-refractivity contribution is 6.31. The first-order chi connectivity index (χ1) is 9.98. The summed E-state index contributed by atoms with van der Waals surface area (Å²) >= 11 is 6.35. The molecule has 1 aromatic heterocycles. The lowest BCUT2D eigenvalue weighted by molar-refractivity contribution is 0.153. The summed E-state index contributed by atoms with van der Waals surface area (Å²) in [6, 6.07) is 0.0490. The van der Waals surface area contributed by atoms with E-state index in [1.54, 1.807) is 13.3 Å². The van der Waals surface area contributed by atoms with Crippen molar-refractivity contribution in [2.75, 3.05) is 13.7 Å². The van der Waals surface area contributed by atoms with E-state index in [0.29, 0.717) is 29.5 Å². The molecule has 3 N–H and O–H groups in total. The lowest BCUT2D eigenvalue weighted by Gasteiger charge is -2.38. The van der Waals surface area contributed by atoms with Crippen molar-refractivity contribution in [1.82, 2.24) is 15.2 Å². The maximum Gasteiger partial charge on any atom is 0.0834 e. The molecule has 1 unspecified atom stereocenters. The van der Waals surface area contributed by atoms with Gasteiger partial charge in [0.25, 0.3) is 0 Å². The van der Waals surface area contributed by atoms with Crippen LogP contribution in [0.1, 0.15) is 51.3 Å². The van der Waals surface area contributed by atoms with E-state index < -0.39 is 0 Å². The van der Waals surface area contributed by atoms with Crippen LogP contribution < -0.4 is 11.3 Å². The summed E-state index contributed by atoms with van der Waals surface area (Å²) in [6.07, 6.45) is 6.46. The van der Waals surface area contributed by atoms with Crippen LogP contribution in [0.15, 0.2) is 6.20 Å². The van der Waals surface area contributed by atoms with E-state index in [2.05, 4.69) is 24.4 Å². The smallest absolute Gasteiger partial charge is 0.0834 e. The minimum Gasteiger partial charge on any atom is -0.383 e. The van der Waals surface area contributed by atoms with E-state index in [1.165, 1.54) is 12.8 Å². The summed E-state index contributed by atoms with van der Waals surface area (Å²) in [5.41, 5.74) is 4.40. The van der Waals surface area contributed by atoms with Gasteiger partial charge >= 0.3 is 0 Å². The molecule has 1 saturated carbocycles. The van der Waals surface area contributed by atoms with Crippen molar-refractivity contribution in [3.63, 3.8) is 0 Å². The Morgan fingerprint density at radius 3 is 2.76 bits per heavy atom. The van der Waals surface area contributed by atoms with Crippen molar-refractivity contribution < 1.29 is 4.74 Å². The lowest BCUT2D eigenvalue weighted by Crippen LogP contribution is -2.38. The molecule has 1 atom stereocenters. The second-order valence-corrected chi connectivity index (χ2v) is 7.15. The van der Waals surface area contributed by atoms with E-state index in [0.717, 1.165) is 18.5 Å². The number of halogens is 1. The second-order valence-electron chi connectivity index (χ2n) is 6.74. The molecule has 1 aliphatic carbocycles. The van der Waals surface area contributed by atoms with Crippen molar-refractivity contribution in [1.29, 1.82) is 0 Å². The molecule has 21 heavy (non-hydrogen) atoms. The summed E-state index contributed by atoms with van der Waals surface area (Å²) in [6.45, 7) is 5.97. The molecule has 0 aliphatic heterocycles. The van der Waals surface area contributed by atoms with Gasteiger partial charge in [-0.1, -0.05) is 25.4 Å². The Morgan fingerprint density at radius 1 is 1.52 bits per heavy atom. The molecule has 0 saturated heterocycles. The van der Waals surface area contributed by atoms with Gasteiger partial charge in [0, 0.05) is 7.11 Å². The third kappa shape index (κ3) is 3.97. The highest BCUT2D eigenvalue weighted by Gasteiger charge is 2.34. The highest BCUT2D eigenvalue weighted by Crippen LogP contribution is 2.43. The molecule has 1 aromatic rings. The lowest BCUT2D eigenvalue weighted by atomic mass is 9.71. The Kier molecular flexibility index (Phi) is 5.66. The van der Waals surface area contributed by atoms with E-state index >= 15 is 0 Å². The Morgan fingerprint density at radius 2 is 2.19 bits per heavy atom. The average Bonchev–Trinajstić information content (AvgIpc) is 2.81. The van der Waals surface area contributed by atoms with Crippen LogP contribution in [0.25, 0.3) is 0 Å². The number of hydrazine groups is 1. The van der Waals surface area contributed by atoms with Crippen LogP contribution >= 0.6 is 11.6 Å². The number of methoxy groups -OCH3 is 1. The maximum absolute atomic E-state index is 6.35. The van der Waals surface area contributed by atoms with Crippen LogP contribution in [-0.4, -0.2) is 23.5 Å². The van der Waals surface area contributed by atoms with Gasteiger partial charge in [-0.2, -0.15) is 5.10 Å². The van der Waals surface area contributed by atoms with Crippen LogP contribution in [0.3, 0.4) is 0 Å². The topological polar surface area (TPSA) is 65.1 Å². The number of nitrogens with zero attached hydrogens (tertiary/aromatic N) is 2. The minimum atomic E-state index is 0.0490. The largest absolute Gasteiger partial charge is 0.383 e. The molecule has 0 bridgehead atoms. The Balaban J connectivity index is 2.16. The van der Waals surface area contributed by atoms with Crippen molar-refractivity contribution in [2.24, 2.45) is 17.2 Å². The van der Waals surface area contributed by atoms with E-state index in [9.17, 15) is 0 Å². The number of aromatic nitrogens is 2. The zero-order valence-corrected chi connectivity index (χ0v) is 14.0. The van der Waals surface area contributed by atoms with Gasteiger partial charge in [0.05, 0.1) is 36.1 Å². The third-order valence-corrected chi connectivity index (χ3v) is 4.96. The zero-order chi connectivity index (χ0) is 15.5. The van der Waals surface area contributed by atoms with E-state index in [4.69, 9.17) is 22.2 Å². The first-order valence-electron chi connectivity index (χ1n) is 7.65. The van der Waals surface area contributed by atoms with Gasteiger partial charge in [-0.05, 0) is 37.0 Å².